The van der Waals surface area contributed by atoms with E-state index in [9.17, 15) is 0 Å². The molecule has 0 aliphatic heterocycles. The highest BCUT2D eigenvalue weighted by Gasteiger charge is 1.96. The van der Waals surface area contributed by atoms with E-state index >= 15 is 0 Å². The second-order valence-corrected chi connectivity index (χ2v) is 2.75. The summed E-state index contributed by atoms with van der Waals surface area (Å²) in [4.78, 5) is 7.92. The fourth-order valence-corrected chi connectivity index (χ4v) is 1.01. The van der Waals surface area contributed by atoms with Gasteiger partial charge < -0.3 is 10.3 Å². The lowest BCUT2D eigenvalue weighted by molar-refractivity contribution is 0.803. The van der Waals surface area contributed by atoms with Gasteiger partial charge in [-0.1, -0.05) is 0 Å². The third-order valence-corrected chi connectivity index (χ3v) is 1.75. The van der Waals surface area contributed by atoms with Gasteiger partial charge in [0.15, 0.2) is 6.19 Å². The summed E-state index contributed by atoms with van der Waals surface area (Å²) in [7, 11) is 1.92. The maximum absolute atomic E-state index is 8.23. The number of hydrogen-bond acceptors (Lipinski definition) is 3. The lowest BCUT2D eigenvalue weighted by atomic mass is 10.3. The third-order valence-electron chi connectivity index (χ3n) is 1.75. The van der Waals surface area contributed by atoms with Crippen LogP contribution < -0.4 is 11.1 Å². The maximum Gasteiger partial charge on any atom is 0.202 e. The monoisotopic (exact) mass is 192 g/mol. The van der Waals surface area contributed by atoms with Crippen LogP contribution in [-0.2, 0) is 13.5 Å². The van der Waals surface area contributed by atoms with Crippen LogP contribution in [0.5, 0.6) is 0 Å². The van der Waals surface area contributed by atoms with Gasteiger partial charge in [-0.15, -0.1) is 0 Å². The Bertz CT molecular complexity index is 358. The largest absolute Gasteiger partial charge is 0.369 e. The molecule has 1 aromatic rings. The predicted molar refractivity (Wildman–Crippen MR) is 52.2 cm³/mol. The molecule has 1 aromatic heterocycles. The zero-order chi connectivity index (χ0) is 10.4. The van der Waals surface area contributed by atoms with Crippen LogP contribution in [0.3, 0.4) is 0 Å². The highest BCUT2D eigenvalue weighted by molar-refractivity contribution is 5.79. The molecule has 74 valence electrons. The van der Waals surface area contributed by atoms with Crippen LogP contribution in [0, 0.1) is 11.5 Å². The van der Waals surface area contributed by atoms with Crippen LogP contribution in [0.2, 0.25) is 0 Å². The van der Waals surface area contributed by atoms with Crippen molar-refractivity contribution in [3.63, 3.8) is 0 Å². The van der Waals surface area contributed by atoms with Crippen molar-refractivity contribution >= 4 is 5.96 Å². The number of nitrogens with one attached hydrogen (secondary N) is 1. The van der Waals surface area contributed by atoms with E-state index in [0.717, 1.165) is 12.1 Å². The molecule has 0 radical (unpaired) electrons. The highest BCUT2D eigenvalue weighted by atomic mass is 15.1. The number of nitrogens with two attached hydrogens (primary N) is 1. The Balaban J connectivity index is 2.39. The van der Waals surface area contributed by atoms with Crippen LogP contribution in [0.15, 0.2) is 17.5 Å². The summed E-state index contributed by atoms with van der Waals surface area (Å²) in [6.07, 6.45) is 5.97. The number of nitrogens with zero attached hydrogens (tertiary/aromatic N) is 4. The van der Waals surface area contributed by atoms with Gasteiger partial charge >= 0.3 is 0 Å². The molecule has 1 heterocycles. The van der Waals surface area contributed by atoms with Gasteiger partial charge in [-0.05, 0) is 0 Å². The summed E-state index contributed by atoms with van der Waals surface area (Å²) in [6, 6.07) is 0. The Morgan fingerprint density at radius 1 is 1.86 bits per heavy atom. The van der Waals surface area contributed by atoms with Gasteiger partial charge in [0.2, 0.25) is 5.96 Å². The molecule has 3 N–H and O–H groups in total. The number of aromatic nitrogens is 2. The van der Waals surface area contributed by atoms with Crippen molar-refractivity contribution in [3.8, 4) is 6.19 Å². The summed E-state index contributed by atoms with van der Waals surface area (Å²) < 4.78 is 1.92. The van der Waals surface area contributed by atoms with Crippen molar-refractivity contribution in [3.05, 3.63) is 18.2 Å². The average Bonchev–Trinajstić information content (AvgIpc) is 2.52. The molecule has 0 bridgehead atoms. The lowest BCUT2D eigenvalue weighted by Crippen LogP contribution is -2.27. The SMILES string of the molecule is Cn1cncc1CCN=C(N)NC#N. The Hall–Kier alpha value is -2.03. The molecule has 6 heteroatoms. The van der Waals surface area contributed by atoms with E-state index in [1.165, 1.54) is 0 Å². The first-order valence-electron chi connectivity index (χ1n) is 4.14. The van der Waals surface area contributed by atoms with E-state index in [4.69, 9.17) is 11.0 Å². The molecular weight excluding hydrogens is 180 g/mol. The fraction of sp³-hybridized carbons (Fsp3) is 0.375. The van der Waals surface area contributed by atoms with Gasteiger partial charge in [-0.2, -0.15) is 5.26 Å². The Morgan fingerprint density at radius 3 is 3.21 bits per heavy atom. The van der Waals surface area contributed by atoms with Gasteiger partial charge in [0, 0.05) is 31.9 Å². The molecule has 14 heavy (non-hydrogen) atoms. The van der Waals surface area contributed by atoms with E-state index in [1.54, 1.807) is 18.7 Å². The zero-order valence-electron chi connectivity index (χ0n) is 7.94. The van der Waals surface area contributed by atoms with Crippen LogP contribution in [0.1, 0.15) is 5.69 Å². The molecule has 0 atom stereocenters. The predicted octanol–water partition coefficient (Wildman–Crippen LogP) is -0.652. The molecule has 1 rings (SSSR count). The molecule has 0 aliphatic carbocycles. The van der Waals surface area contributed by atoms with E-state index < -0.39 is 0 Å². The molecule has 0 aromatic carbocycles. The molecule has 0 aliphatic rings. The lowest BCUT2D eigenvalue weighted by Gasteiger charge is -1.99. The molecule has 0 spiro atoms. The number of rotatable bonds is 3. The van der Waals surface area contributed by atoms with Crippen molar-refractivity contribution in [1.82, 2.24) is 14.9 Å². The summed E-state index contributed by atoms with van der Waals surface area (Å²) in [5.41, 5.74) is 6.44. The maximum atomic E-state index is 8.23. The topological polar surface area (TPSA) is 92.0 Å². The van der Waals surface area contributed by atoms with Gasteiger partial charge in [-0.25, -0.2) is 4.98 Å². The number of guanidine groups is 1. The van der Waals surface area contributed by atoms with Crippen molar-refractivity contribution in [1.29, 1.82) is 5.26 Å². The van der Waals surface area contributed by atoms with Crippen LogP contribution in [-0.4, -0.2) is 22.1 Å². The Kier molecular flexibility index (Phi) is 3.49. The minimum absolute atomic E-state index is 0.148. The molecule has 0 fully saturated rings. The van der Waals surface area contributed by atoms with Gasteiger partial charge in [0.05, 0.1) is 6.33 Å². The van der Waals surface area contributed by atoms with Crippen LogP contribution in [0.4, 0.5) is 0 Å². The molecule has 0 unspecified atom stereocenters. The van der Waals surface area contributed by atoms with Crippen LogP contribution in [0.25, 0.3) is 0 Å². The van der Waals surface area contributed by atoms with Crippen molar-refractivity contribution in [2.75, 3.05) is 6.54 Å². The molecule has 0 saturated carbocycles. The number of hydrogen-bond donors (Lipinski definition) is 2. The van der Waals surface area contributed by atoms with Crippen molar-refractivity contribution in [2.45, 2.75) is 6.42 Å². The first-order chi connectivity index (χ1) is 6.74. The van der Waals surface area contributed by atoms with Gasteiger partial charge in [0.1, 0.15) is 0 Å². The molecule has 0 amide bonds. The highest BCUT2D eigenvalue weighted by Crippen LogP contribution is 1.96. The smallest absolute Gasteiger partial charge is 0.202 e. The zero-order valence-corrected chi connectivity index (χ0v) is 7.94. The molecule has 0 saturated heterocycles. The molecule has 6 nitrogen and oxygen atoms in total. The minimum Gasteiger partial charge on any atom is -0.369 e. The van der Waals surface area contributed by atoms with Crippen LogP contribution >= 0.6 is 0 Å². The quantitative estimate of drug-likeness (QED) is 0.288. The van der Waals surface area contributed by atoms with Gasteiger partial charge in [-0.3, -0.25) is 10.3 Å². The van der Waals surface area contributed by atoms with Crippen molar-refractivity contribution in [2.24, 2.45) is 17.8 Å². The number of aryl methyl sites for hydroxylation is 1. The summed E-state index contributed by atoms with van der Waals surface area (Å²) in [5.74, 6) is 0.148. The van der Waals surface area contributed by atoms with Crippen molar-refractivity contribution < 1.29 is 0 Å². The third kappa shape index (κ3) is 2.79. The van der Waals surface area contributed by atoms with E-state index in [2.05, 4.69) is 15.3 Å². The Morgan fingerprint density at radius 2 is 2.64 bits per heavy atom. The average molecular weight is 192 g/mol. The first kappa shape index (κ1) is 10.1. The summed E-state index contributed by atoms with van der Waals surface area (Å²) in [6.45, 7) is 0.542. The normalized spacial score (nSPS) is 11.0. The van der Waals surface area contributed by atoms with Gasteiger partial charge in [0.25, 0.3) is 0 Å². The Labute approximate surface area is 82.1 Å². The van der Waals surface area contributed by atoms with E-state index in [0.29, 0.717) is 6.54 Å². The number of nitriles is 1. The second kappa shape index (κ2) is 4.87. The van der Waals surface area contributed by atoms with E-state index in [1.807, 2.05) is 11.6 Å². The minimum atomic E-state index is 0.148. The van der Waals surface area contributed by atoms with E-state index in [-0.39, 0.29) is 5.96 Å². The molecular formula is C8H12N6. The fourth-order valence-electron chi connectivity index (χ4n) is 1.01. The first-order valence-corrected chi connectivity index (χ1v) is 4.14. The number of aliphatic imine (C=N–C) groups is 1. The number of imidazole rings is 1. The second-order valence-electron chi connectivity index (χ2n) is 2.75. The summed E-state index contributed by atoms with van der Waals surface area (Å²) >= 11 is 0. The summed E-state index contributed by atoms with van der Waals surface area (Å²) in [5, 5.41) is 10.5. The standard InChI is InChI=1S/C8H12N6/c1-14-6-11-4-7(14)2-3-12-8(10)13-5-9/h4,6H,2-3H2,1H3,(H3,10,12,13).